The topological polar surface area (TPSA) is 3.24 Å². The zero-order chi connectivity index (χ0) is 21.0. The van der Waals surface area contributed by atoms with Gasteiger partial charge >= 0.3 is 0 Å². The molecule has 0 saturated heterocycles. The number of fused-ring (bicyclic) bond motifs is 1. The van der Waals surface area contributed by atoms with Gasteiger partial charge in [-0.1, -0.05) is 78.4 Å². The van der Waals surface area contributed by atoms with Crippen molar-refractivity contribution < 1.29 is 0 Å². The molecule has 0 saturated carbocycles. The number of benzene rings is 4. The molecule has 4 aromatic carbocycles. The molecule has 5 rings (SSSR count). The lowest BCUT2D eigenvalue weighted by Gasteiger charge is -2.26. The van der Waals surface area contributed by atoms with Crippen LogP contribution in [0.25, 0.3) is 12.2 Å². The zero-order valence-corrected chi connectivity index (χ0v) is 18.0. The molecular weight excluding hydrogens is 374 g/mol. The van der Waals surface area contributed by atoms with Gasteiger partial charge in [0, 0.05) is 17.1 Å². The number of rotatable bonds is 5. The second kappa shape index (κ2) is 8.65. The first-order chi connectivity index (χ1) is 15.3. The zero-order valence-electron chi connectivity index (χ0n) is 18.0. The Bertz CT molecular complexity index is 1190. The highest BCUT2D eigenvalue weighted by Crippen LogP contribution is 2.37. The smallest absolute Gasteiger partial charge is 0.0464 e. The molecule has 0 unspecified atom stereocenters. The quantitative estimate of drug-likeness (QED) is 0.305. The second-order valence-corrected chi connectivity index (χ2v) is 8.31. The van der Waals surface area contributed by atoms with E-state index in [0.29, 0.717) is 0 Å². The highest BCUT2D eigenvalue weighted by molar-refractivity contribution is 5.78. The van der Waals surface area contributed by atoms with Crippen molar-refractivity contribution in [2.75, 3.05) is 4.90 Å². The maximum Gasteiger partial charge on any atom is 0.0464 e. The third-order valence-electron chi connectivity index (χ3n) is 6.05. The summed E-state index contributed by atoms with van der Waals surface area (Å²) in [5.41, 5.74) is 10.3. The van der Waals surface area contributed by atoms with Crippen LogP contribution in [0.1, 0.15) is 34.2 Å². The number of nitrogens with zero attached hydrogens (tertiary/aromatic N) is 1. The van der Waals surface area contributed by atoms with E-state index in [4.69, 9.17) is 0 Å². The number of aryl methyl sites for hydroxylation is 3. The van der Waals surface area contributed by atoms with Crippen molar-refractivity contribution in [3.8, 4) is 0 Å². The summed E-state index contributed by atoms with van der Waals surface area (Å²) in [6, 6.07) is 35.0. The Hall–Kier alpha value is -3.58. The molecule has 0 radical (unpaired) electrons. The lowest BCUT2D eigenvalue weighted by molar-refractivity contribution is 0.912. The summed E-state index contributed by atoms with van der Waals surface area (Å²) in [6.07, 6.45) is 8.02. The van der Waals surface area contributed by atoms with Gasteiger partial charge in [0.15, 0.2) is 0 Å². The van der Waals surface area contributed by atoms with Crippen molar-refractivity contribution in [1.82, 2.24) is 0 Å². The Morgan fingerprint density at radius 2 is 1.16 bits per heavy atom. The molecule has 0 heterocycles. The first-order valence-electron chi connectivity index (χ1n) is 11.1. The van der Waals surface area contributed by atoms with E-state index in [1.165, 1.54) is 64.1 Å². The fourth-order valence-corrected chi connectivity index (χ4v) is 4.33. The minimum Gasteiger partial charge on any atom is -0.310 e. The van der Waals surface area contributed by atoms with Crippen molar-refractivity contribution in [2.45, 2.75) is 26.2 Å². The lowest BCUT2D eigenvalue weighted by atomic mass is 10.1. The molecule has 1 heteroatoms. The van der Waals surface area contributed by atoms with Crippen LogP contribution >= 0.6 is 0 Å². The van der Waals surface area contributed by atoms with E-state index in [0.717, 1.165) is 0 Å². The lowest BCUT2D eigenvalue weighted by Crippen LogP contribution is -2.10. The fraction of sp³-hybridized carbons (Fsp3) is 0.133. The molecule has 1 aliphatic carbocycles. The summed E-state index contributed by atoms with van der Waals surface area (Å²) in [4.78, 5) is 2.35. The molecule has 0 bridgehead atoms. The van der Waals surface area contributed by atoms with Crippen LogP contribution in [0, 0.1) is 6.92 Å². The Labute approximate surface area is 185 Å². The minimum absolute atomic E-state index is 1.18. The SMILES string of the molecule is Cc1ccc(C=Cc2ccc(N(c3ccccc3)c3ccc4c(c3)CCC4)cc2)cc1. The predicted molar refractivity (Wildman–Crippen MR) is 133 cm³/mol. The first kappa shape index (κ1) is 19.4. The van der Waals surface area contributed by atoms with Crippen molar-refractivity contribution in [3.05, 3.63) is 125 Å². The third-order valence-corrected chi connectivity index (χ3v) is 6.05. The molecule has 152 valence electrons. The van der Waals surface area contributed by atoms with Crippen molar-refractivity contribution in [3.63, 3.8) is 0 Å². The van der Waals surface area contributed by atoms with E-state index in [-0.39, 0.29) is 0 Å². The van der Waals surface area contributed by atoms with E-state index in [2.05, 4.69) is 121 Å². The van der Waals surface area contributed by atoms with E-state index < -0.39 is 0 Å². The Balaban J connectivity index is 1.46. The molecule has 0 spiro atoms. The minimum atomic E-state index is 1.18. The van der Waals surface area contributed by atoms with Crippen LogP contribution in [0.3, 0.4) is 0 Å². The summed E-state index contributed by atoms with van der Waals surface area (Å²) in [5.74, 6) is 0. The second-order valence-electron chi connectivity index (χ2n) is 8.31. The van der Waals surface area contributed by atoms with E-state index in [9.17, 15) is 0 Å². The largest absolute Gasteiger partial charge is 0.310 e. The summed E-state index contributed by atoms with van der Waals surface area (Å²) >= 11 is 0. The third kappa shape index (κ3) is 4.32. The van der Waals surface area contributed by atoms with E-state index in [1.54, 1.807) is 0 Å². The van der Waals surface area contributed by atoms with Gasteiger partial charge in [-0.2, -0.15) is 0 Å². The summed E-state index contributed by atoms with van der Waals surface area (Å²) < 4.78 is 0. The van der Waals surface area contributed by atoms with Crippen molar-refractivity contribution in [2.24, 2.45) is 0 Å². The van der Waals surface area contributed by atoms with E-state index in [1.807, 2.05) is 0 Å². The molecule has 1 aliphatic rings. The van der Waals surface area contributed by atoms with Crippen LogP contribution in [0.4, 0.5) is 17.1 Å². The molecule has 1 nitrogen and oxygen atoms in total. The molecule has 4 aromatic rings. The monoisotopic (exact) mass is 401 g/mol. The molecule has 0 aliphatic heterocycles. The number of anilines is 3. The Morgan fingerprint density at radius 3 is 1.87 bits per heavy atom. The molecule has 0 atom stereocenters. The van der Waals surface area contributed by atoms with Gasteiger partial charge in [0.05, 0.1) is 0 Å². The van der Waals surface area contributed by atoms with Crippen molar-refractivity contribution >= 4 is 29.2 Å². The Kier molecular flexibility index (Phi) is 5.41. The molecular formula is C30H27N. The highest BCUT2D eigenvalue weighted by Gasteiger charge is 2.16. The number of hydrogen-bond acceptors (Lipinski definition) is 1. The summed E-state index contributed by atoms with van der Waals surface area (Å²) in [7, 11) is 0. The van der Waals surface area contributed by atoms with Crippen LogP contribution in [0.5, 0.6) is 0 Å². The highest BCUT2D eigenvalue weighted by atomic mass is 15.1. The van der Waals surface area contributed by atoms with Gasteiger partial charge in [-0.3, -0.25) is 0 Å². The fourth-order valence-electron chi connectivity index (χ4n) is 4.33. The normalized spacial score (nSPS) is 12.8. The van der Waals surface area contributed by atoms with Gasteiger partial charge in [-0.25, -0.2) is 0 Å². The maximum absolute atomic E-state index is 2.38. The van der Waals surface area contributed by atoms with Gasteiger partial charge in [-0.05, 0) is 84.8 Å². The number of para-hydroxylation sites is 1. The molecule has 0 aromatic heterocycles. The molecule has 0 fully saturated rings. The maximum atomic E-state index is 2.38. The van der Waals surface area contributed by atoms with Crippen LogP contribution in [-0.4, -0.2) is 0 Å². The van der Waals surface area contributed by atoms with E-state index >= 15 is 0 Å². The van der Waals surface area contributed by atoms with Gasteiger partial charge in [0.25, 0.3) is 0 Å². The van der Waals surface area contributed by atoms with Gasteiger partial charge < -0.3 is 4.90 Å². The van der Waals surface area contributed by atoms with Crippen LogP contribution in [0.15, 0.2) is 97.1 Å². The average molecular weight is 402 g/mol. The van der Waals surface area contributed by atoms with Crippen LogP contribution < -0.4 is 4.90 Å². The molecule has 0 amide bonds. The van der Waals surface area contributed by atoms with Gasteiger partial charge in [0.1, 0.15) is 0 Å². The standard InChI is InChI=1S/C30H27N/c1-23-10-12-24(13-11-23)14-15-25-16-19-29(20-17-25)31(28-8-3-2-4-9-28)30-21-18-26-6-5-7-27(26)22-30/h2-4,8-22H,5-7H2,1H3. The van der Waals surface area contributed by atoms with Gasteiger partial charge in [0.2, 0.25) is 0 Å². The average Bonchev–Trinajstić information content (AvgIpc) is 3.29. The molecule has 31 heavy (non-hydrogen) atoms. The predicted octanol–water partition coefficient (Wildman–Crippen LogP) is 8.12. The first-order valence-corrected chi connectivity index (χ1v) is 11.1. The van der Waals surface area contributed by atoms with Gasteiger partial charge in [-0.15, -0.1) is 0 Å². The van der Waals surface area contributed by atoms with Crippen molar-refractivity contribution in [1.29, 1.82) is 0 Å². The van der Waals surface area contributed by atoms with Crippen LogP contribution in [0.2, 0.25) is 0 Å². The Morgan fingerprint density at radius 1 is 0.581 bits per heavy atom. The summed E-state index contributed by atoms with van der Waals surface area (Å²) in [6.45, 7) is 2.12. The number of hydrogen-bond donors (Lipinski definition) is 0. The van der Waals surface area contributed by atoms with Crippen LogP contribution in [-0.2, 0) is 12.8 Å². The molecule has 0 N–H and O–H groups in total. The summed E-state index contributed by atoms with van der Waals surface area (Å²) in [5, 5.41) is 0.